The van der Waals surface area contributed by atoms with E-state index in [4.69, 9.17) is 9.47 Å². The average Bonchev–Trinajstić information content (AvgIpc) is 2.28. The molecular weight excluding hydrogens is 224 g/mol. The van der Waals surface area contributed by atoms with Crippen LogP contribution in [0.4, 0.5) is 0 Å². The predicted molar refractivity (Wildman–Crippen MR) is 66.8 cm³/mol. The Kier molecular flexibility index (Phi) is 5.62. The standard InChI is InChI=1S/C12H22O3S/c1-4-14-11(13)12(2,3)16-9-10-7-5-6-8-15-10/h10H,4-9H2,1-3H3/t10-/m0/s1. The Balaban J connectivity index is 2.31. The molecule has 0 aromatic rings. The second kappa shape index (κ2) is 6.50. The maximum atomic E-state index is 11.7. The molecular formula is C12H22O3S. The van der Waals surface area contributed by atoms with Gasteiger partial charge in [0.2, 0.25) is 0 Å². The lowest BCUT2D eigenvalue weighted by atomic mass is 10.1. The van der Waals surface area contributed by atoms with E-state index in [0.717, 1.165) is 18.8 Å². The molecule has 0 aromatic carbocycles. The number of carbonyl (C=O) groups is 1. The third kappa shape index (κ3) is 4.34. The van der Waals surface area contributed by atoms with Crippen LogP contribution in [-0.4, -0.2) is 35.8 Å². The van der Waals surface area contributed by atoms with E-state index < -0.39 is 4.75 Å². The second-order valence-electron chi connectivity index (χ2n) is 4.53. The Labute approximate surface area is 102 Å². The molecule has 0 bridgehead atoms. The minimum absolute atomic E-state index is 0.129. The number of esters is 1. The van der Waals surface area contributed by atoms with Gasteiger partial charge >= 0.3 is 5.97 Å². The van der Waals surface area contributed by atoms with E-state index in [1.165, 1.54) is 12.8 Å². The highest BCUT2D eigenvalue weighted by atomic mass is 32.2. The van der Waals surface area contributed by atoms with E-state index in [0.29, 0.717) is 12.7 Å². The number of hydrogen-bond acceptors (Lipinski definition) is 4. The Morgan fingerprint density at radius 2 is 2.25 bits per heavy atom. The molecule has 94 valence electrons. The largest absolute Gasteiger partial charge is 0.465 e. The number of carbonyl (C=O) groups excluding carboxylic acids is 1. The Morgan fingerprint density at radius 3 is 2.81 bits per heavy atom. The van der Waals surface area contributed by atoms with Crippen LogP contribution in [0.3, 0.4) is 0 Å². The van der Waals surface area contributed by atoms with Crippen molar-refractivity contribution in [2.24, 2.45) is 0 Å². The zero-order valence-electron chi connectivity index (χ0n) is 10.5. The first kappa shape index (κ1) is 13.8. The summed E-state index contributed by atoms with van der Waals surface area (Å²) in [5, 5.41) is 0. The minimum atomic E-state index is -0.461. The normalized spacial score (nSPS) is 21.8. The van der Waals surface area contributed by atoms with Crippen molar-refractivity contribution in [2.75, 3.05) is 19.0 Å². The monoisotopic (exact) mass is 246 g/mol. The lowest BCUT2D eigenvalue weighted by Crippen LogP contribution is -2.33. The van der Waals surface area contributed by atoms with Gasteiger partial charge in [0.1, 0.15) is 4.75 Å². The first-order valence-electron chi connectivity index (χ1n) is 5.99. The van der Waals surface area contributed by atoms with Gasteiger partial charge < -0.3 is 9.47 Å². The molecule has 0 spiro atoms. The maximum absolute atomic E-state index is 11.7. The van der Waals surface area contributed by atoms with Crippen LogP contribution in [0.2, 0.25) is 0 Å². The molecule has 0 radical (unpaired) electrons. The van der Waals surface area contributed by atoms with Gasteiger partial charge in [-0.2, -0.15) is 0 Å². The predicted octanol–water partition coefficient (Wildman–Crippen LogP) is 2.63. The highest BCUT2D eigenvalue weighted by molar-refractivity contribution is 8.01. The summed E-state index contributed by atoms with van der Waals surface area (Å²) in [5.74, 6) is 0.752. The summed E-state index contributed by atoms with van der Waals surface area (Å²) in [6.45, 7) is 6.98. The molecule has 0 saturated carbocycles. The van der Waals surface area contributed by atoms with Crippen molar-refractivity contribution in [3.05, 3.63) is 0 Å². The fourth-order valence-electron chi connectivity index (χ4n) is 1.60. The molecule has 4 heteroatoms. The Morgan fingerprint density at radius 1 is 1.50 bits per heavy atom. The fraction of sp³-hybridized carbons (Fsp3) is 0.917. The van der Waals surface area contributed by atoms with Gasteiger partial charge in [0, 0.05) is 12.4 Å². The molecule has 1 atom stereocenters. The van der Waals surface area contributed by atoms with Crippen LogP contribution < -0.4 is 0 Å². The van der Waals surface area contributed by atoms with Crippen molar-refractivity contribution in [3.63, 3.8) is 0 Å². The highest BCUT2D eigenvalue weighted by Gasteiger charge is 2.31. The molecule has 0 aliphatic carbocycles. The lowest BCUT2D eigenvalue weighted by Gasteiger charge is -2.27. The van der Waals surface area contributed by atoms with E-state index >= 15 is 0 Å². The van der Waals surface area contributed by atoms with Gasteiger partial charge in [-0.3, -0.25) is 4.79 Å². The quantitative estimate of drug-likeness (QED) is 0.699. The minimum Gasteiger partial charge on any atom is -0.465 e. The number of thioether (sulfide) groups is 1. The summed E-state index contributed by atoms with van der Waals surface area (Å²) >= 11 is 1.63. The smallest absolute Gasteiger partial charge is 0.321 e. The molecule has 0 aromatic heterocycles. The molecule has 1 rings (SSSR count). The fourth-order valence-corrected chi connectivity index (χ4v) is 2.65. The maximum Gasteiger partial charge on any atom is 0.321 e. The molecule has 1 fully saturated rings. The topological polar surface area (TPSA) is 35.5 Å². The molecule has 0 N–H and O–H groups in total. The first-order valence-corrected chi connectivity index (χ1v) is 6.97. The van der Waals surface area contributed by atoms with Crippen LogP contribution in [0.5, 0.6) is 0 Å². The molecule has 1 aliphatic rings. The van der Waals surface area contributed by atoms with Crippen LogP contribution in [0.25, 0.3) is 0 Å². The van der Waals surface area contributed by atoms with Gasteiger partial charge in [-0.25, -0.2) is 0 Å². The third-order valence-electron chi connectivity index (χ3n) is 2.67. The summed E-state index contributed by atoms with van der Waals surface area (Å²) < 4.78 is 10.2. The Hall–Kier alpha value is -0.220. The van der Waals surface area contributed by atoms with E-state index in [9.17, 15) is 4.79 Å². The summed E-state index contributed by atoms with van der Waals surface area (Å²) in [6, 6.07) is 0. The summed E-state index contributed by atoms with van der Waals surface area (Å²) in [7, 11) is 0. The van der Waals surface area contributed by atoms with Crippen molar-refractivity contribution in [1.29, 1.82) is 0 Å². The van der Waals surface area contributed by atoms with E-state index in [1.807, 2.05) is 20.8 Å². The van der Waals surface area contributed by atoms with Crippen LogP contribution >= 0.6 is 11.8 Å². The first-order chi connectivity index (χ1) is 7.56. The SMILES string of the molecule is CCOC(=O)C(C)(C)SC[C@@H]1CCCCO1. The molecule has 0 unspecified atom stereocenters. The molecule has 1 heterocycles. The molecule has 3 nitrogen and oxygen atoms in total. The summed E-state index contributed by atoms with van der Waals surface area (Å²) in [6.07, 6.45) is 3.84. The molecule has 16 heavy (non-hydrogen) atoms. The zero-order chi connectivity index (χ0) is 12.0. The van der Waals surface area contributed by atoms with Gasteiger partial charge in [-0.15, -0.1) is 11.8 Å². The van der Waals surface area contributed by atoms with Crippen molar-refractivity contribution in [3.8, 4) is 0 Å². The second-order valence-corrected chi connectivity index (χ2v) is 6.17. The number of hydrogen-bond donors (Lipinski definition) is 0. The van der Waals surface area contributed by atoms with Crippen molar-refractivity contribution in [2.45, 2.75) is 50.9 Å². The van der Waals surface area contributed by atoms with Gasteiger partial charge in [-0.1, -0.05) is 0 Å². The molecule has 0 amide bonds. The van der Waals surface area contributed by atoms with E-state index in [1.54, 1.807) is 11.8 Å². The van der Waals surface area contributed by atoms with Crippen molar-refractivity contribution in [1.82, 2.24) is 0 Å². The van der Waals surface area contributed by atoms with Crippen LogP contribution in [0.1, 0.15) is 40.0 Å². The number of ether oxygens (including phenoxy) is 2. The lowest BCUT2D eigenvalue weighted by molar-refractivity contribution is -0.145. The average molecular weight is 246 g/mol. The van der Waals surface area contributed by atoms with E-state index in [-0.39, 0.29) is 5.97 Å². The van der Waals surface area contributed by atoms with Crippen molar-refractivity contribution >= 4 is 17.7 Å². The summed E-state index contributed by atoms with van der Waals surface area (Å²) in [4.78, 5) is 11.7. The number of rotatable bonds is 5. The van der Waals surface area contributed by atoms with Gasteiger partial charge in [0.25, 0.3) is 0 Å². The zero-order valence-corrected chi connectivity index (χ0v) is 11.3. The van der Waals surface area contributed by atoms with Crippen molar-refractivity contribution < 1.29 is 14.3 Å². The summed E-state index contributed by atoms with van der Waals surface area (Å²) in [5.41, 5.74) is 0. The Bertz CT molecular complexity index is 222. The molecule has 1 saturated heterocycles. The van der Waals surface area contributed by atoms with Gasteiger partial charge in [0.05, 0.1) is 12.7 Å². The molecule has 1 aliphatic heterocycles. The van der Waals surface area contributed by atoms with Gasteiger partial charge in [-0.05, 0) is 40.0 Å². The van der Waals surface area contributed by atoms with Gasteiger partial charge in [0.15, 0.2) is 0 Å². The van der Waals surface area contributed by atoms with E-state index in [2.05, 4.69) is 0 Å². The van der Waals surface area contributed by atoms with Crippen LogP contribution in [0, 0.1) is 0 Å². The highest BCUT2D eigenvalue weighted by Crippen LogP contribution is 2.29. The third-order valence-corrected chi connectivity index (χ3v) is 4.10. The van der Waals surface area contributed by atoms with Crippen LogP contribution in [-0.2, 0) is 14.3 Å². The van der Waals surface area contributed by atoms with Crippen LogP contribution in [0.15, 0.2) is 0 Å².